The first-order chi connectivity index (χ1) is 9.94. The van der Waals surface area contributed by atoms with Crippen molar-refractivity contribution >= 4 is 27.4 Å². The van der Waals surface area contributed by atoms with E-state index in [-0.39, 0.29) is 16.6 Å². The monoisotopic (exact) mass is 306 g/mol. The number of carbonyl (C=O) groups excluding carboxylic acids is 1. The van der Waals surface area contributed by atoms with Gasteiger partial charge in [-0.25, -0.2) is 8.42 Å². The molecule has 0 saturated carbocycles. The predicted octanol–water partition coefficient (Wildman–Crippen LogP) is 1.11. The van der Waals surface area contributed by atoms with Crippen molar-refractivity contribution in [3.63, 3.8) is 0 Å². The maximum atomic E-state index is 12.3. The summed E-state index contributed by atoms with van der Waals surface area (Å²) in [6.07, 6.45) is 2.55. The van der Waals surface area contributed by atoms with Gasteiger partial charge in [0.15, 0.2) is 5.82 Å². The van der Waals surface area contributed by atoms with Crippen molar-refractivity contribution in [1.82, 2.24) is 9.78 Å². The van der Waals surface area contributed by atoms with Crippen LogP contribution in [-0.2, 0) is 28.3 Å². The molecule has 110 valence electrons. The van der Waals surface area contributed by atoms with Gasteiger partial charge in [-0.3, -0.25) is 14.2 Å². The molecule has 0 aliphatic carbocycles. The van der Waals surface area contributed by atoms with Gasteiger partial charge in [-0.15, -0.1) is 0 Å². The van der Waals surface area contributed by atoms with Crippen LogP contribution >= 0.6 is 0 Å². The summed E-state index contributed by atoms with van der Waals surface area (Å²) in [5.74, 6) is 0.216. The quantitative estimate of drug-likeness (QED) is 0.888. The van der Waals surface area contributed by atoms with Gasteiger partial charge < -0.3 is 5.32 Å². The molecule has 7 nitrogen and oxygen atoms in total. The fourth-order valence-corrected chi connectivity index (χ4v) is 3.24. The van der Waals surface area contributed by atoms with Crippen LogP contribution in [0.5, 0.6) is 0 Å². The van der Waals surface area contributed by atoms with Crippen molar-refractivity contribution < 1.29 is 13.2 Å². The highest BCUT2D eigenvalue weighted by molar-refractivity contribution is 7.92. The van der Waals surface area contributed by atoms with E-state index in [1.54, 1.807) is 31.4 Å². The van der Waals surface area contributed by atoms with Gasteiger partial charge in [0.1, 0.15) is 0 Å². The molecule has 1 aromatic heterocycles. The maximum Gasteiger partial charge on any atom is 0.263 e. The van der Waals surface area contributed by atoms with E-state index < -0.39 is 10.0 Å². The highest BCUT2D eigenvalue weighted by Gasteiger charge is 2.20. The summed E-state index contributed by atoms with van der Waals surface area (Å²) in [6.45, 7) is 0. The minimum absolute atomic E-state index is 0.0512. The van der Waals surface area contributed by atoms with E-state index in [4.69, 9.17) is 0 Å². The van der Waals surface area contributed by atoms with E-state index in [0.717, 1.165) is 5.56 Å². The van der Waals surface area contributed by atoms with Crippen molar-refractivity contribution in [2.75, 3.05) is 10.0 Å². The number of hydrogen-bond donors (Lipinski definition) is 2. The third-order valence-electron chi connectivity index (χ3n) is 3.24. The second-order valence-corrected chi connectivity index (χ2v) is 6.53. The molecule has 2 N–H and O–H groups in total. The van der Waals surface area contributed by atoms with E-state index in [9.17, 15) is 13.2 Å². The highest BCUT2D eigenvalue weighted by Crippen LogP contribution is 2.26. The lowest BCUT2D eigenvalue weighted by molar-refractivity contribution is -0.116. The summed E-state index contributed by atoms with van der Waals surface area (Å²) in [7, 11) is -1.98. The summed E-state index contributed by atoms with van der Waals surface area (Å²) in [6, 6.07) is 6.24. The third-order valence-corrected chi connectivity index (χ3v) is 4.59. The molecular formula is C13H14N4O3S. The molecule has 1 amide bonds. The van der Waals surface area contributed by atoms with Gasteiger partial charge in [0, 0.05) is 31.4 Å². The Kier molecular flexibility index (Phi) is 3.17. The molecule has 0 atom stereocenters. The van der Waals surface area contributed by atoms with E-state index >= 15 is 0 Å². The molecule has 0 fully saturated rings. The van der Waals surface area contributed by atoms with Crippen LogP contribution in [-0.4, -0.2) is 24.1 Å². The first kappa shape index (κ1) is 13.6. The van der Waals surface area contributed by atoms with Crippen LogP contribution in [0.3, 0.4) is 0 Å². The van der Waals surface area contributed by atoms with Gasteiger partial charge >= 0.3 is 0 Å². The van der Waals surface area contributed by atoms with Gasteiger partial charge in [-0.2, -0.15) is 5.10 Å². The molecule has 8 heteroatoms. The number of benzene rings is 1. The summed E-state index contributed by atoms with van der Waals surface area (Å²) >= 11 is 0. The standard InChI is InChI=1S/C13H14N4O3S/c1-17-7-6-12(15-17)16-21(19,20)10-3-4-11-9(8-10)2-5-13(18)14-11/h3-4,6-8H,2,5H2,1H3,(H,14,18)(H,15,16). The summed E-state index contributed by atoms with van der Waals surface area (Å²) in [4.78, 5) is 11.5. The molecule has 0 saturated heterocycles. The first-order valence-electron chi connectivity index (χ1n) is 6.39. The number of anilines is 2. The summed E-state index contributed by atoms with van der Waals surface area (Å²) in [5, 5.41) is 6.71. The Hall–Kier alpha value is -2.35. The van der Waals surface area contributed by atoms with Crippen molar-refractivity contribution in [3.05, 3.63) is 36.0 Å². The van der Waals surface area contributed by atoms with Crippen LogP contribution in [0.1, 0.15) is 12.0 Å². The number of hydrogen-bond acceptors (Lipinski definition) is 4. The Balaban J connectivity index is 1.91. The number of carbonyl (C=O) groups is 1. The number of nitrogens with one attached hydrogen (secondary N) is 2. The van der Waals surface area contributed by atoms with Gasteiger partial charge in [0.05, 0.1) is 4.90 Å². The molecule has 21 heavy (non-hydrogen) atoms. The average molecular weight is 306 g/mol. The minimum Gasteiger partial charge on any atom is -0.326 e. The van der Waals surface area contributed by atoms with E-state index in [1.165, 1.54) is 10.7 Å². The Morgan fingerprint density at radius 1 is 1.29 bits per heavy atom. The smallest absolute Gasteiger partial charge is 0.263 e. The molecule has 2 aromatic rings. The lowest BCUT2D eigenvalue weighted by atomic mass is 10.0. The van der Waals surface area contributed by atoms with Gasteiger partial charge in [0.25, 0.3) is 10.0 Å². The molecular weight excluding hydrogens is 292 g/mol. The number of fused-ring (bicyclic) bond motifs is 1. The lowest BCUT2D eigenvalue weighted by Crippen LogP contribution is -2.20. The van der Waals surface area contributed by atoms with Gasteiger partial charge in [-0.05, 0) is 30.2 Å². The van der Waals surface area contributed by atoms with Gasteiger partial charge in [-0.1, -0.05) is 0 Å². The number of nitrogens with zero attached hydrogens (tertiary/aromatic N) is 2. The van der Waals surface area contributed by atoms with Crippen LogP contribution in [0, 0.1) is 0 Å². The maximum absolute atomic E-state index is 12.3. The molecule has 1 aliphatic rings. The van der Waals surface area contributed by atoms with Crippen molar-refractivity contribution in [1.29, 1.82) is 0 Å². The predicted molar refractivity (Wildman–Crippen MR) is 77.4 cm³/mol. The molecule has 0 bridgehead atoms. The van der Waals surface area contributed by atoms with Crippen LogP contribution in [0.2, 0.25) is 0 Å². The van der Waals surface area contributed by atoms with Gasteiger partial charge in [0.2, 0.25) is 5.91 Å². The Labute approximate surface area is 122 Å². The fraction of sp³-hybridized carbons (Fsp3) is 0.231. The van der Waals surface area contributed by atoms with Crippen LogP contribution < -0.4 is 10.0 Å². The van der Waals surface area contributed by atoms with Crippen LogP contribution in [0.25, 0.3) is 0 Å². The summed E-state index contributed by atoms with van der Waals surface area (Å²) < 4.78 is 28.6. The number of rotatable bonds is 3. The van der Waals surface area contributed by atoms with Crippen molar-refractivity contribution in [2.45, 2.75) is 17.7 Å². The number of aromatic nitrogens is 2. The number of aryl methyl sites for hydroxylation is 2. The molecule has 1 aliphatic heterocycles. The Morgan fingerprint density at radius 3 is 2.81 bits per heavy atom. The Bertz CT molecular complexity index is 811. The van der Waals surface area contributed by atoms with Crippen molar-refractivity contribution in [3.8, 4) is 0 Å². The molecule has 0 spiro atoms. The largest absolute Gasteiger partial charge is 0.326 e. The van der Waals surface area contributed by atoms with E-state index in [2.05, 4.69) is 15.1 Å². The topological polar surface area (TPSA) is 93.1 Å². The second-order valence-electron chi connectivity index (χ2n) is 4.85. The van der Waals surface area contributed by atoms with E-state index in [0.29, 0.717) is 18.5 Å². The SMILES string of the molecule is Cn1ccc(NS(=O)(=O)c2ccc3c(c2)CCC(=O)N3)n1. The zero-order valence-electron chi connectivity index (χ0n) is 11.3. The number of amides is 1. The minimum atomic E-state index is -3.69. The number of sulfonamides is 1. The Morgan fingerprint density at radius 2 is 2.10 bits per heavy atom. The zero-order chi connectivity index (χ0) is 15.0. The van der Waals surface area contributed by atoms with E-state index in [1.807, 2.05) is 0 Å². The molecule has 0 unspecified atom stereocenters. The van der Waals surface area contributed by atoms with Crippen molar-refractivity contribution in [2.24, 2.45) is 7.05 Å². The summed E-state index contributed by atoms with van der Waals surface area (Å²) in [5.41, 5.74) is 1.49. The third kappa shape index (κ3) is 2.75. The molecule has 3 rings (SSSR count). The average Bonchev–Trinajstić information content (AvgIpc) is 2.82. The normalized spacial score (nSPS) is 14.4. The molecule has 2 heterocycles. The lowest BCUT2D eigenvalue weighted by Gasteiger charge is -2.17. The van der Waals surface area contributed by atoms with Crippen LogP contribution in [0.4, 0.5) is 11.5 Å². The first-order valence-corrected chi connectivity index (χ1v) is 7.88. The fourth-order valence-electron chi connectivity index (χ4n) is 2.19. The molecule has 1 aromatic carbocycles. The molecule has 0 radical (unpaired) electrons. The highest BCUT2D eigenvalue weighted by atomic mass is 32.2. The second kappa shape index (κ2) is 4.88. The zero-order valence-corrected chi connectivity index (χ0v) is 12.1. The van der Waals surface area contributed by atoms with Crippen LogP contribution in [0.15, 0.2) is 35.4 Å².